The number of anilines is 1. The first kappa shape index (κ1) is 15.8. The molecule has 0 saturated heterocycles. The lowest BCUT2D eigenvalue weighted by molar-refractivity contribution is 0.0850. The first-order valence-electron chi connectivity index (χ1n) is 8.15. The summed E-state index contributed by atoms with van der Waals surface area (Å²) in [6.07, 6.45) is 5.75. The summed E-state index contributed by atoms with van der Waals surface area (Å²) >= 11 is 0. The highest BCUT2D eigenvalue weighted by Crippen LogP contribution is 2.43. The summed E-state index contributed by atoms with van der Waals surface area (Å²) in [5.74, 6) is 0.807. The molecule has 1 aliphatic carbocycles. The summed E-state index contributed by atoms with van der Waals surface area (Å²) in [6.45, 7) is 7.90. The van der Waals surface area contributed by atoms with Gasteiger partial charge in [-0.05, 0) is 50.2 Å². The Bertz CT molecular complexity index is 489. The van der Waals surface area contributed by atoms with Gasteiger partial charge in [0.1, 0.15) is 5.82 Å². The summed E-state index contributed by atoms with van der Waals surface area (Å²) in [5, 5.41) is 6.31. The fourth-order valence-corrected chi connectivity index (χ4v) is 2.87. The zero-order chi connectivity index (χ0) is 15.3. The van der Waals surface area contributed by atoms with Crippen molar-refractivity contribution in [3.63, 3.8) is 0 Å². The fourth-order valence-electron chi connectivity index (χ4n) is 2.87. The SMILES string of the molecule is CCNc1cc(C(=O)NCC2(CC)CCC2)cc(CC)n1. The lowest BCUT2D eigenvalue weighted by Gasteiger charge is -2.41. The van der Waals surface area contributed by atoms with E-state index in [1.165, 1.54) is 19.3 Å². The van der Waals surface area contributed by atoms with E-state index < -0.39 is 0 Å². The number of carbonyl (C=O) groups is 1. The van der Waals surface area contributed by atoms with Crippen LogP contribution in [0.3, 0.4) is 0 Å². The van der Waals surface area contributed by atoms with Crippen LogP contribution in [0.5, 0.6) is 0 Å². The standard InChI is InChI=1S/C17H27N3O/c1-4-14-10-13(11-15(20-14)18-6-3)16(21)19-12-17(5-2)8-7-9-17/h10-11H,4-9,12H2,1-3H3,(H,18,20)(H,19,21). The van der Waals surface area contributed by atoms with Crippen LogP contribution < -0.4 is 10.6 Å². The molecule has 1 aromatic rings. The van der Waals surface area contributed by atoms with Gasteiger partial charge in [0.2, 0.25) is 0 Å². The van der Waals surface area contributed by atoms with Crippen LogP contribution in [0.1, 0.15) is 62.5 Å². The molecule has 1 aromatic heterocycles. The summed E-state index contributed by atoms with van der Waals surface area (Å²) < 4.78 is 0. The molecule has 0 aliphatic heterocycles. The van der Waals surface area contributed by atoms with E-state index in [1.54, 1.807) is 0 Å². The van der Waals surface area contributed by atoms with Crippen molar-refractivity contribution >= 4 is 11.7 Å². The van der Waals surface area contributed by atoms with Gasteiger partial charge in [-0.2, -0.15) is 0 Å². The maximum absolute atomic E-state index is 12.4. The smallest absolute Gasteiger partial charge is 0.251 e. The van der Waals surface area contributed by atoms with Crippen molar-refractivity contribution in [3.8, 4) is 0 Å². The van der Waals surface area contributed by atoms with E-state index in [2.05, 4.69) is 29.5 Å². The molecule has 0 spiro atoms. The number of aryl methyl sites for hydroxylation is 1. The highest BCUT2D eigenvalue weighted by molar-refractivity contribution is 5.95. The lowest BCUT2D eigenvalue weighted by Crippen LogP contribution is -2.41. The van der Waals surface area contributed by atoms with Crippen LogP contribution in [0.2, 0.25) is 0 Å². The van der Waals surface area contributed by atoms with Gasteiger partial charge in [0.25, 0.3) is 5.91 Å². The normalized spacial score (nSPS) is 16.1. The molecule has 0 bridgehead atoms. The van der Waals surface area contributed by atoms with Crippen molar-refractivity contribution in [1.82, 2.24) is 10.3 Å². The molecule has 1 amide bonds. The van der Waals surface area contributed by atoms with Gasteiger partial charge in [-0.15, -0.1) is 0 Å². The third-order valence-corrected chi connectivity index (χ3v) is 4.65. The quantitative estimate of drug-likeness (QED) is 0.809. The van der Waals surface area contributed by atoms with Crippen molar-refractivity contribution < 1.29 is 4.79 Å². The minimum Gasteiger partial charge on any atom is -0.370 e. The predicted molar refractivity (Wildman–Crippen MR) is 86.7 cm³/mol. The third kappa shape index (κ3) is 3.74. The Labute approximate surface area is 127 Å². The van der Waals surface area contributed by atoms with Gasteiger partial charge in [0, 0.05) is 24.3 Å². The molecule has 2 rings (SSSR count). The Morgan fingerprint density at radius 2 is 2.05 bits per heavy atom. The average molecular weight is 289 g/mol. The van der Waals surface area contributed by atoms with E-state index in [9.17, 15) is 4.79 Å². The van der Waals surface area contributed by atoms with Gasteiger partial charge < -0.3 is 10.6 Å². The molecule has 0 unspecified atom stereocenters. The fraction of sp³-hybridized carbons (Fsp3) is 0.647. The third-order valence-electron chi connectivity index (χ3n) is 4.65. The Hall–Kier alpha value is -1.58. The van der Waals surface area contributed by atoms with Gasteiger partial charge in [-0.3, -0.25) is 4.79 Å². The molecular formula is C17H27N3O. The summed E-state index contributed by atoms with van der Waals surface area (Å²) in [5.41, 5.74) is 2.01. The first-order chi connectivity index (χ1) is 10.1. The second kappa shape index (κ2) is 6.92. The number of amides is 1. The number of aromatic nitrogens is 1. The van der Waals surface area contributed by atoms with Crippen molar-refractivity contribution in [3.05, 3.63) is 23.4 Å². The second-order valence-corrected chi connectivity index (χ2v) is 6.01. The van der Waals surface area contributed by atoms with Crippen LogP contribution in [0, 0.1) is 5.41 Å². The van der Waals surface area contributed by atoms with Crippen LogP contribution in [0.4, 0.5) is 5.82 Å². The zero-order valence-corrected chi connectivity index (χ0v) is 13.5. The second-order valence-electron chi connectivity index (χ2n) is 6.01. The number of rotatable bonds is 7. The molecule has 1 aliphatic rings. The molecular weight excluding hydrogens is 262 g/mol. The van der Waals surface area contributed by atoms with Crippen LogP contribution in [0.25, 0.3) is 0 Å². The molecule has 1 heterocycles. The van der Waals surface area contributed by atoms with Crippen molar-refractivity contribution in [2.24, 2.45) is 5.41 Å². The molecule has 4 heteroatoms. The lowest BCUT2D eigenvalue weighted by atomic mass is 9.67. The molecule has 0 radical (unpaired) electrons. The van der Waals surface area contributed by atoms with E-state index in [0.717, 1.165) is 37.4 Å². The minimum atomic E-state index is 0.0194. The number of nitrogens with zero attached hydrogens (tertiary/aromatic N) is 1. The number of hydrogen-bond donors (Lipinski definition) is 2. The molecule has 21 heavy (non-hydrogen) atoms. The maximum Gasteiger partial charge on any atom is 0.251 e. The molecule has 116 valence electrons. The van der Waals surface area contributed by atoms with Gasteiger partial charge in [0.15, 0.2) is 0 Å². The van der Waals surface area contributed by atoms with E-state index in [-0.39, 0.29) is 5.91 Å². The molecule has 0 aromatic carbocycles. The molecule has 2 N–H and O–H groups in total. The number of carbonyl (C=O) groups excluding carboxylic acids is 1. The van der Waals surface area contributed by atoms with E-state index >= 15 is 0 Å². The van der Waals surface area contributed by atoms with Gasteiger partial charge >= 0.3 is 0 Å². The van der Waals surface area contributed by atoms with Crippen LogP contribution >= 0.6 is 0 Å². The highest BCUT2D eigenvalue weighted by atomic mass is 16.1. The molecule has 1 fully saturated rings. The average Bonchev–Trinajstić information content (AvgIpc) is 2.46. The Balaban J connectivity index is 2.05. The molecule has 1 saturated carbocycles. The van der Waals surface area contributed by atoms with Gasteiger partial charge in [-0.1, -0.05) is 20.3 Å². The zero-order valence-electron chi connectivity index (χ0n) is 13.5. The minimum absolute atomic E-state index is 0.0194. The summed E-state index contributed by atoms with van der Waals surface area (Å²) in [4.78, 5) is 16.9. The molecule has 0 atom stereocenters. The van der Waals surface area contributed by atoms with E-state index in [1.807, 2.05) is 19.1 Å². The Morgan fingerprint density at radius 1 is 1.29 bits per heavy atom. The van der Waals surface area contributed by atoms with E-state index in [4.69, 9.17) is 0 Å². The maximum atomic E-state index is 12.4. The van der Waals surface area contributed by atoms with Crippen LogP contribution in [0.15, 0.2) is 12.1 Å². The first-order valence-corrected chi connectivity index (χ1v) is 8.15. The van der Waals surface area contributed by atoms with Gasteiger partial charge in [0.05, 0.1) is 0 Å². The van der Waals surface area contributed by atoms with Crippen LogP contribution in [-0.2, 0) is 6.42 Å². The van der Waals surface area contributed by atoms with Crippen molar-refractivity contribution in [2.75, 3.05) is 18.4 Å². The largest absolute Gasteiger partial charge is 0.370 e. The Morgan fingerprint density at radius 3 is 2.57 bits per heavy atom. The van der Waals surface area contributed by atoms with Crippen LogP contribution in [-0.4, -0.2) is 24.0 Å². The van der Waals surface area contributed by atoms with Gasteiger partial charge in [-0.25, -0.2) is 4.98 Å². The highest BCUT2D eigenvalue weighted by Gasteiger charge is 2.35. The predicted octanol–water partition coefficient (Wildman–Crippen LogP) is 3.39. The van der Waals surface area contributed by atoms with E-state index in [0.29, 0.717) is 11.0 Å². The summed E-state index contributed by atoms with van der Waals surface area (Å²) in [6, 6.07) is 3.74. The number of nitrogens with one attached hydrogen (secondary N) is 2. The number of hydrogen-bond acceptors (Lipinski definition) is 3. The topological polar surface area (TPSA) is 54.0 Å². The number of pyridine rings is 1. The van der Waals surface area contributed by atoms with Crippen molar-refractivity contribution in [1.29, 1.82) is 0 Å². The molecule has 4 nitrogen and oxygen atoms in total. The van der Waals surface area contributed by atoms with Crippen molar-refractivity contribution in [2.45, 2.75) is 52.9 Å². The summed E-state index contributed by atoms with van der Waals surface area (Å²) in [7, 11) is 0. The monoisotopic (exact) mass is 289 g/mol. The Kier molecular flexibility index (Phi) is 5.21.